The van der Waals surface area contributed by atoms with Crippen molar-refractivity contribution in [1.82, 2.24) is 13.6 Å². The van der Waals surface area contributed by atoms with Gasteiger partial charge in [-0.2, -0.15) is 30.2 Å². The molecule has 0 aromatic carbocycles. The molecule has 0 amide bonds. The first-order valence-electron chi connectivity index (χ1n) is 5.94. The number of alkyl halides is 3. The van der Waals surface area contributed by atoms with Crippen LogP contribution < -0.4 is 0 Å². The lowest BCUT2D eigenvalue weighted by molar-refractivity contribution is -0.140. The van der Waals surface area contributed by atoms with Gasteiger partial charge in [0.05, 0.1) is 6.54 Å². The smallest absolute Gasteiger partial charge is 0.235 e. The number of halogens is 3. The van der Waals surface area contributed by atoms with Gasteiger partial charge in [-0.25, -0.2) is 4.98 Å². The van der Waals surface area contributed by atoms with Crippen molar-refractivity contribution in [3.8, 4) is 0 Å². The maximum atomic E-state index is 12.4. The average Bonchev–Trinajstić information content (AvgIpc) is 2.98. The maximum Gasteiger partial charge on any atom is 0.434 e. The van der Waals surface area contributed by atoms with Gasteiger partial charge in [0.1, 0.15) is 5.01 Å². The molecule has 0 atom stereocenters. The van der Waals surface area contributed by atoms with Crippen molar-refractivity contribution in [3.63, 3.8) is 0 Å². The lowest BCUT2D eigenvalue weighted by Gasteiger charge is -2.22. The molecule has 0 spiro atoms. The van der Waals surface area contributed by atoms with Crippen molar-refractivity contribution in [1.29, 1.82) is 0 Å². The Morgan fingerprint density at radius 1 is 1.40 bits per heavy atom. The predicted molar refractivity (Wildman–Crippen MR) is 68.3 cm³/mol. The first-order valence-corrected chi connectivity index (χ1v) is 8.22. The number of aromatic nitrogens is 1. The molecule has 0 unspecified atom stereocenters. The van der Waals surface area contributed by atoms with Crippen LogP contribution in [0, 0.1) is 0 Å². The summed E-state index contributed by atoms with van der Waals surface area (Å²) in [4.78, 5) is 3.43. The molecule has 1 aromatic heterocycles. The van der Waals surface area contributed by atoms with Crippen molar-refractivity contribution in [2.24, 2.45) is 0 Å². The Balaban J connectivity index is 2.07. The van der Waals surface area contributed by atoms with Crippen LogP contribution in [-0.2, 0) is 22.9 Å². The van der Waals surface area contributed by atoms with Crippen LogP contribution in [0.2, 0.25) is 0 Å². The molecule has 2 rings (SSSR count). The van der Waals surface area contributed by atoms with E-state index in [1.54, 1.807) is 0 Å². The third-order valence-electron chi connectivity index (χ3n) is 2.99. The van der Waals surface area contributed by atoms with E-state index in [1.807, 2.05) is 0 Å². The highest BCUT2D eigenvalue weighted by Gasteiger charge is 2.34. The van der Waals surface area contributed by atoms with E-state index in [1.165, 1.54) is 11.4 Å². The average molecular weight is 329 g/mol. The summed E-state index contributed by atoms with van der Waals surface area (Å²) in [6.07, 6.45) is -2.88. The molecule has 0 bridgehead atoms. The van der Waals surface area contributed by atoms with Gasteiger partial charge in [-0.05, 0) is 12.8 Å². The monoisotopic (exact) mass is 329 g/mol. The van der Waals surface area contributed by atoms with Crippen molar-refractivity contribution in [2.45, 2.75) is 25.6 Å². The Morgan fingerprint density at radius 2 is 2.00 bits per heavy atom. The normalized spacial score (nSPS) is 18.1. The first-order chi connectivity index (χ1) is 9.21. The van der Waals surface area contributed by atoms with Gasteiger partial charge in [-0.3, -0.25) is 0 Å². The molecule has 1 saturated heterocycles. The Kier molecular flexibility index (Phi) is 4.38. The highest BCUT2D eigenvalue weighted by Crippen LogP contribution is 2.30. The summed E-state index contributed by atoms with van der Waals surface area (Å²) in [5, 5.41) is 1.02. The van der Waals surface area contributed by atoms with Gasteiger partial charge >= 0.3 is 6.18 Å². The number of hydrogen-bond acceptors (Lipinski definition) is 4. The van der Waals surface area contributed by atoms with Gasteiger partial charge in [-0.15, -0.1) is 11.3 Å². The number of hydrogen-bond donors (Lipinski definition) is 0. The van der Waals surface area contributed by atoms with Gasteiger partial charge in [0.15, 0.2) is 5.69 Å². The predicted octanol–water partition coefficient (Wildman–Crippen LogP) is 1.93. The van der Waals surface area contributed by atoms with Crippen LogP contribution in [0.15, 0.2) is 5.38 Å². The third-order valence-corrected chi connectivity index (χ3v) is 5.75. The molecular formula is C10H14F3N3O2S2. The molecule has 2 heterocycles. The fraction of sp³-hybridized carbons (Fsp3) is 0.700. The molecule has 0 radical (unpaired) electrons. The molecular weight excluding hydrogens is 315 g/mol. The summed E-state index contributed by atoms with van der Waals surface area (Å²) in [5.74, 6) is 0. The summed E-state index contributed by atoms with van der Waals surface area (Å²) in [6, 6.07) is 0. The zero-order chi connectivity index (χ0) is 15.0. The first kappa shape index (κ1) is 15.7. The van der Waals surface area contributed by atoms with E-state index in [0.29, 0.717) is 13.1 Å². The molecule has 1 aliphatic heterocycles. The Hall–Kier alpha value is -0.710. The fourth-order valence-electron chi connectivity index (χ4n) is 1.90. The summed E-state index contributed by atoms with van der Waals surface area (Å²) in [5.41, 5.74) is -0.982. The second-order valence-corrected chi connectivity index (χ2v) is 7.47. The molecule has 20 heavy (non-hydrogen) atoms. The minimum Gasteiger partial charge on any atom is -0.235 e. The lowest BCUT2D eigenvalue weighted by Crippen LogP contribution is -2.39. The molecule has 114 valence electrons. The number of rotatable bonds is 4. The summed E-state index contributed by atoms with van der Waals surface area (Å²) in [7, 11) is -2.26. The Bertz CT molecular complexity index is 565. The molecule has 0 saturated carbocycles. The van der Waals surface area contributed by atoms with E-state index in [0.717, 1.165) is 33.9 Å². The van der Waals surface area contributed by atoms with Crippen molar-refractivity contribution < 1.29 is 21.6 Å². The second-order valence-electron chi connectivity index (χ2n) is 4.49. The van der Waals surface area contributed by atoms with Crippen LogP contribution in [0.1, 0.15) is 23.5 Å². The van der Waals surface area contributed by atoms with Crippen LogP contribution in [0.4, 0.5) is 13.2 Å². The summed E-state index contributed by atoms with van der Waals surface area (Å²) >= 11 is 0.808. The van der Waals surface area contributed by atoms with Gasteiger partial charge in [-0.1, -0.05) is 0 Å². The van der Waals surface area contributed by atoms with Crippen LogP contribution in [-0.4, -0.2) is 42.1 Å². The van der Waals surface area contributed by atoms with Gasteiger partial charge in [0, 0.05) is 25.5 Å². The third kappa shape index (κ3) is 3.30. The highest BCUT2D eigenvalue weighted by atomic mass is 32.2. The Morgan fingerprint density at radius 3 is 2.50 bits per heavy atom. The van der Waals surface area contributed by atoms with Crippen LogP contribution >= 0.6 is 11.3 Å². The minimum atomic E-state index is -4.50. The van der Waals surface area contributed by atoms with Crippen LogP contribution in [0.3, 0.4) is 0 Å². The molecule has 1 aromatic rings. The quantitative estimate of drug-likeness (QED) is 0.848. The zero-order valence-electron chi connectivity index (χ0n) is 10.7. The van der Waals surface area contributed by atoms with Gasteiger partial charge < -0.3 is 0 Å². The second kappa shape index (κ2) is 5.58. The van der Waals surface area contributed by atoms with E-state index in [4.69, 9.17) is 0 Å². The van der Waals surface area contributed by atoms with E-state index in [2.05, 4.69) is 4.98 Å². The summed E-state index contributed by atoms with van der Waals surface area (Å²) in [6.45, 7) is 0.760. The van der Waals surface area contributed by atoms with E-state index >= 15 is 0 Å². The molecule has 0 N–H and O–H groups in total. The standard InChI is InChI=1S/C10H14F3N3O2S2/c1-15(20(17,18)16-4-2-3-5-16)6-9-14-8(7-19-9)10(11,12)13/h7H,2-6H2,1H3. The van der Waals surface area contributed by atoms with E-state index in [-0.39, 0.29) is 11.6 Å². The summed E-state index contributed by atoms with van der Waals surface area (Å²) < 4.78 is 63.9. The van der Waals surface area contributed by atoms with Gasteiger partial charge in [0.25, 0.3) is 10.2 Å². The van der Waals surface area contributed by atoms with Crippen LogP contribution in [0.25, 0.3) is 0 Å². The fourth-order valence-corrected chi connectivity index (χ4v) is 4.24. The minimum absolute atomic E-state index is 0.127. The molecule has 1 fully saturated rings. The largest absolute Gasteiger partial charge is 0.434 e. The highest BCUT2D eigenvalue weighted by molar-refractivity contribution is 7.86. The van der Waals surface area contributed by atoms with Gasteiger partial charge in [0.2, 0.25) is 0 Å². The molecule has 5 nitrogen and oxygen atoms in total. The zero-order valence-corrected chi connectivity index (χ0v) is 12.4. The Labute approximate surface area is 119 Å². The molecule has 10 heteroatoms. The molecule has 0 aliphatic carbocycles. The molecule has 1 aliphatic rings. The lowest BCUT2D eigenvalue weighted by atomic mass is 10.4. The number of nitrogens with zero attached hydrogens (tertiary/aromatic N) is 3. The maximum absolute atomic E-state index is 12.4. The topological polar surface area (TPSA) is 53.5 Å². The van der Waals surface area contributed by atoms with Crippen LogP contribution in [0.5, 0.6) is 0 Å². The van der Waals surface area contributed by atoms with Crippen molar-refractivity contribution >= 4 is 21.5 Å². The van der Waals surface area contributed by atoms with E-state index in [9.17, 15) is 21.6 Å². The number of thiazole rings is 1. The van der Waals surface area contributed by atoms with E-state index < -0.39 is 22.1 Å². The van der Waals surface area contributed by atoms with Crippen molar-refractivity contribution in [2.75, 3.05) is 20.1 Å². The SMILES string of the molecule is CN(Cc1nc(C(F)(F)F)cs1)S(=O)(=O)N1CCCC1. The van der Waals surface area contributed by atoms with Crippen molar-refractivity contribution in [3.05, 3.63) is 16.1 Å².